The molecule has 29 heavy (non-hydrogen) atoms. The van der Waals surface area contributed by atoms with Crippen molar-refractivity contribution in [3.8, 4) is 0 Å². The number of likely N-dealkylation sites (tertiary alicyclic amines) is 1. The second kappa shape index (κ2) is 9.17. The molecule has 1 fully saturated rings. The minimum Gasteiger partial charge on any atom is -0.350 e. The first-order valence-corrected chi connectivity index (χ1v) is 9.42. The molecule has 0 saturated carbocycles. The Morgan fingerprint density at radius 3 is 2.72 bits per heavy atom. The maximum absolute atomic E-state index is 12.6. The van der Waals surface area contributed by atoms with Gasteiger partial charge in [0.15, 0.2) is 0 Å². The number of carbonyl (C=O) groups excluding carboxylic acids is 1. The van der Waals surface area contributed by atoms with E-state index in [2.05, 4.69) is 20.3 Å². The van der Waals surface area contributed by atoms with Gasteiger partial charge in [0.1, 0.15) is 5.69 Å². The molecule has 0 bridgehead atoms. The van der Waals surface area contributed by atoms with E-state index in [1.807, 2.05) is 0 Å². The average Bonchev–Trinajstić information content (AvgIpc) is 2.71. The third kappa shape index (κ3) is 5.63. The lowest BCUT2D eigenvalue weighted by molar-refractivity contribution is -0.141. The molecule has 1 N–H and O–H groups in total. The first-order valence-electron chi connectivity index (χ1n) is 9.42. The summed E-state index contributed by atoms with van der Waals surface area (Å²) in [6.07, 6.45) is 0.917. The molecule has 1 saturated heterocycles. The molecule has 10 heteroatoms. The van der Waals surface area contributed by atoms with Crippen LogP contribution in [0.15, 0.2) is 41.5 Å². The summed E-state index contributed by atoms with van der Waals surface area (Å²) in [7, 11) is 0. The molecule has 2 aromatic rings. The number of halogens is 3. The Kier molecular flexibility index (Phi) is 6.63. The monoisotopic (exact) mass is 409 g/mol. The maximum atomic E-state index is 12.6. The van der Waals surface area contributed by atoms with Crippen molar-refractivity contribution in [2.24, 2.45) is 0 Å². The fourth-order valence-electron chi connectivity index (χ4n) is 3.37. The van der Waals surface area contributed by atoms with E-state index in [1.54, 1.807) is 12.3 Å². The number of amides is 1. The molecule has 7 nitrogen and oxygen atoms in total. The van der Waals surface area contributed by atoms with Gasteiger partial charge < -0.3 is 5.32 Å². The SMILES string of the molecule is O=C(NCC1CCCCN1CCn1ncccc1=O)c1ccc(C(F)(F)F)nc1. The molecule has 0 spiro atoms. The largest absolute Gasteiger partial charge is 0.433 e. The molecule has 156 valence electrons. The van der Waals surface area contributed by atoms with Gasteiger partial charge in [0.25, 0.3) is 11.5 Å². The van der Waals surface area contributed by atoms with Crippen LogP contribution in [0.2, 0.25) is 0 Å². The van der Waals surface area contributed by atoms with Gasteiger partial charge in [0, 0.05) is 37.6 Å². The van der Waals surface area contributed by atoms with Gasteiger partial charge in [-0.15, -0.1) is 0 Å². The summed E-state index contributed by atoms with van der Waals surface area (Å²) < 4.78 is 39.1. The van der Waals surface area contributed by atoms with Crippen LogP contribution in [0.4, 0.5) is 13.2 Å². The van der Waals surface area contributed by atoms with E-state index in [4.69, 9.17) is 0 Å². The molecular weight excluding hydrogens is 387 g/mol. The number of nitrogens with zero attached hydrogens (tertiary/aromatic N) is 4. The lowest BCUT2D eigenvalue weighted by atomic mass is 10.0. The number of hydrogen-bond donors (Lipinski definition) is 1. The molecule has 0 aliphatic carbocycles. The zero-order chi connectivity index (χ0) is 20.9. The van der Waals surface area contributed by atoms with Gasteiger partial charge in [-0.3, -0.25) is 19.5 Å². The molecular formula is C19H22F3N5O2. The second-order valence-corrected chi connectivity index (χ2v) is 6.91. The van der Waals surface area contributed by atoms with E-state index in [0.29, 0.717) is 19.6 Å². The number of piperidine rings is 1. The van der Waals surface area contributed by atoms with Crippen LogP contribution in [-0.2, 0) is 12.7 Å². The number of hydrogen-bond acceptors (Lipinski definition) is 5. The highest BCUT2D eigenvalue weighted by molar-refractivity contribution is 5.93. The van der Waals surface area contributed by atoms with E-state index >= 15 is 0 Å². The summed E-state index contributed by atoms with van der Waals surface area (Å²) in [5, 5.41) is 6.83. The Morgan fingerprint density at radius 1 is 1.21 bits per heavy atom. The van der Waals surface area contributed by atoms with Crippen molar-refractivity contribution in [2.45, 2.75) is 38.0 Å². The summed E-state index contributed by atoms with van der Waals surface area (Å²) >= 11 is 0. The highest BCUT2D eigenvalue weighted by Gasteiger charge is 2.32. The number of alkyl halides is 3. The summed E-state index contributed by atoms with van der Waals surface area (Å²) in [5.74, 6) is -0.460. The van der Waals surface area contributed by atoms with Crippen LogP contribution in [0.25, 0.3) is 0 Å². The minimum absolute atomic E-state index is 0.0837. The number of carbonyl (C=O) groups is 1. The Labute approximate surface area is 165 Å². The predicted molar refractivity (Wildman–Crippen MR) is 99.3 cm³/mol. The quantitative estimate of drug-likeness (QED) is 0.789. The smallest absolute Gasteiger partial charge is 0.350 e. The van der Waals surface area contributed by atoms with Crippen molar-refractivity contribution < 1.29 is 18.0 Å². The zero-order valence-electron chi connectivity index (χ0n) is 15.7. The van der Waals surface area contributed by atoms with Crippen molar-refractivity contribution >= 4 is 5.91 Å². The number of pyridine rings is 1. The molecule has 0 aromatic carbocycles. The van der Waals surface area contributed by atoms with Gasteiger partial charge in [0.05, 0.1) is 12.1 Å². The van der Waals surface area contributed by atoms with Crippen molar-refractivity contribution in [2.75, 3.05) is 19.6 Å². The Morgan fingerprint density at radius 2 is 2.03 bits per heavy atom. The molecule has 3 heterocycles. The molecule has 1 aliphatic heterocycles. The van der Waals surface area contributed by atoms with E-state index in [0.717, 1.165) is 44.1 Å². The molecule has 1 aliphatic rings. The fraction of sp³-hybridized carbons (Fsp3) is 0.474. The first kappa shape index (κ1) is 21.0. The van der Waals surface area contributed by atoms with Gasteiger partial charge in [-0.05, 0) is 37.6 Å². The lowest BCUT2D eigenvalue weighted by Crippen LogP contribution is -2.48. The standard InChI is InChI=1S/C19H22F3N5O2/c20-19(21,22)16-7-6-14(12-23-16)18(29)24-13-15-4-1-2-9-26(15)10-11-27-17(28)5-3-8-25-27/h3,5-8,12,15H,1-2,4,9-11,13H2,(H,24,29). The molecule has 1 amide bonds. The summed E-state index contributed by atoms with van der Waals surface area (Å²) in [6, 6.07) is 5.06. The van der Waals surface area contributed by atoms with Crippen molar-refractivity contribution in [1.29, 1.82) is 0 Å². The number of aromatic nitrogens is 3. The highest BCUT2D eigenvalue weighted by Crippen LogP contribution is 2.27. The number of nitrogens with one attached hydrogen (secondary N) is 1. The predicted octanol–water partition coefficient (Wildman–Crippen LogP) is 1.94. The van der Waals surface area contributed by atoms with Crippen LogP contribution >= 0.6 is 0 Å². The molecule has 1 unspecified atom stereocenters. The van der Waals surface area contributed by atoms with E-state index in [-0.39, 0.29) is 17.2 Å². The van der Waals surface area contributed by atoms with Gasteiger partial charge in [0.2, 0.25) is 0 Å². The minimum atomic E-state index is -4.53. The molecule has 3 rings (SSSR count). The Hall–Kier alpha value is -2.75. The average molecular weight is 409 g/mol. The van der Waals surface area contributed by atoms with Crippen LogP contribution in [0.1, 0.15) is 35.3 Å². The third-order valence-corrected chi connectivity index (χ3v) is 4.95. The van der Waals surface area contributed by atoms with Crippen LogP contribution in [0.3, 0.4) is 0 Å². The van der Waals surface area contributed by atoms with Crippen LogP contribution in [0.5, 0.6) is 0 Å². The Bertz CT molecular complexity index is 882. The maximum Gasteiger partial charge on any atom is 0.433 e. The zero-order valence-corrected chi connectivity index (χ0v) is 15.7. The normalized spacial score (nSPS) is 17.8. The van der Waals surface area contributed by atoms with Crippen LogP contribution in [-0.4, -0.2) is 51.2 Å². The molecule has 1 atom stereocenters. The Balaban J connectivity index is 1.55. The van der Waals surface area contributed by atoms with Gasteiger partial charge in [-0.25, -0.2) is 4.68 Å². The van der Waals surface area contributed by atoms with Crippen molar-refractivity contribution in [1.82, 2.24) is 25.0 Å². The molecule has 2 aromatic heterocycles. The summed E-state index contributed by atoms with van der Waals surface area (Å²) in [4.78, 5) is 29.6. The van der Waals surface area contributed by atoms with E-state index < -0.39 is 17.8 Å². The van der Waals surface area contributed by atoms with E-state index in [1.165, 1.54) is 10.7 Å². The molecule has 0 radical (unpaired) electrons. The fourth-order valence-corrected chi connectivity index (χ4v) is 3.37. The summed E-state index contributed by atoms with van der Waals surface area (Å²) in [5.41, 5.74) is -1.11. The summed E-state index contributed by atoms with van der Waals surface area (Å²) in [6.45, 7) is 2.30. The van der Waals surface area contributed by atoms with Gasteiger partial charge >= 0.3 is 6.18 Å². The van der Waals surface area contributed by atoms with E-state index in [9.17, 15) is 22.8 Å². The second-order valence-electron chi connectivity index (χ2n) is 6.91. The lowest BCUT2D eigenvalue weighted by Gasteiger charge is -2.35. The van der Waals surface area contributed by atoms with Crippen LogP contribution in [0, 0.1) is 0 Å². The van der Waals surface area contributed by atoms with Crippen molar-refractivity contribution in [3.05, 3.63) is 58.3 Å². The van der Waals surface area contributed by atoms with Gasteiger partial charge in [-0.1, -0.05) is 6.42 Å². The third-order valence-electron chi connectivity index (χ3n) is 4.95. The first-order chi connectivity index (χ1) is 13.8. The van der Waals surface area contributed by atoms with Gasteiger partial charge in [-0.2, -0.15) is 18.3 Å². The topological polar surface area (TPSA) is 80.1 Å². The van der Waals surface area contributed by atoms with Crippen molar-refractivity contribution in [3.63, 3.8) is 0 Å². The van der Waals surface area contributed by atoms with Crippen LogP contribution < -0.4 is 10.9 Å². The highest BCUT2D eigenvalue weighted by atomic mass is 19.4. The number of rotatable bonds is 6.